The number of nitrogen functional groups attached to an aromatic ring is 1. The Kier molecular flexibility index (Phi) is 6.62. The molecule has 0 fully saturated rings. The van der Waals surface area contributed by atoms with Crippen LogP contribution < -0.4 is 20.9 Å². The van der Waals surface area contributed by atoms with Crippen molar-refractivity contribution in [3.8, 4) is 17.4 Å². The first kappa shape index (κ1) is 22.6. The number of nitrogens with zero attached hydrogens (tertiary/aromatic N) is 4. The number of halogens is 1. The summed E-state index contributed by atoms with van der Waals surface area (Å²) in [6.45, 7) is -1.02. The Balaban J connectivity index is 1.78. The van der Waals surface area contributed by atoms with Gasteiger partial charge in [0.1, 0.15) is 11.7 Å². The van der Waals surface area contributed by atoms with E-state index < -0.39 is 18.5 Å². The number of alkyl halides is 1. The molecule has 0 amide bonds. The van der Waals surface area contributed by atoms with E-state index in [2.05, 4.69) is 20.1 Å². The number of aromatic amines is 1. The average molecular weight is 463 g/mol. The van der Waals surface area contributed by atoms with E-state index in [1.807, 2.05) is 12.1 Å². The molecule has 0 saturated carbocycles. The van der Waals surface area contributed by atoms with Gasteiger partial charge in [0.25, 0.3) is 5.95 Å². The molecule has 11 heteroatoms. The maximum Gasteiger partial charge on any atom is 0.350 e. The van der Waals surface area contributed by atoms with Crippen molar-refractivity contribution in [1.82, 2.24) is 24.7 Å². The van der Waals surface area contributed by atoms with Crippen LogP contribution in [0.15, 0.2) is 65.7 Å². The largest absolute Gasteiger partial charge is 0.493 e. The number of rotatable bonds is 9. The van der Waals surface area contributed by atoms with Crippen LogP contribution >= 0.6 is 0 Å². The fraction of sp³-hybridized carbons (Fsp3) is 0.174. The predicted octanol–water partition coefficient (Wildman–Crippen LogP) is 2.32. The van der Waals surface area contributed by atoms with Crippen LogP contribution in [0.4, 0.5) is 4.39 Å². The number of hydrogen-bond donors (Lipinski definition) is 3. The van der Waals surface area contributed by atoms with E-state index in [0.29, 0.717) is 23.6 Å². The number of hydrogen-bond acceptors (Lipinski definition) is 7. The second kappa shape index (κ2) is 9.94. The smallest absolute Gasteiger partial charge is 0.350 e. The van der Waals surface area contributed by atoms with Crippen LogP contribution in [0.25, 0.3) is 5.95 Å². The third-order valence-electron chi connectivity index (χ3n) is 5.21. The lowest BCUT2D eigenvalue weighted by molar-refractivity contribution is 0.184. The van der Waals surface area contributed by atoms with Crippen LogP contribution in [0.3, 0.4) is 0 Å². The van der Waals surface area contributed by atoms with Crippen molar-refractivity contribution in [3.05, 3.63) is 93.9 Å². The summed E-state index contributed by atoms with van der Waals surface area (Å²) in [4.78, 5) is 23.6. The van der Waals surface area contributed by atoms with E-state index >= 15 is 0 Å². The first-order valence-electron chi connectivity index (χ1n) is 10.3. The molecule has 0 aliphatic heterocycles. The Labute approximate surface area is 193 Å². The molecule has 174 valence electrons. The summed E-state index contributed by atoms with van der Waals surface area (Å²) in [5.74, 6) is 0.640. The number of benzene rings is 2. The maximum atomic E-state index is 13.0. The Hall–Kier alpha value is -4.54. The molecule has 34 heavy (non-hydrogen) atoms. The number of nitrogens with one attached hydrogen (secondary N) is 2. The minimum Gasteiger partial charge on any atom is -0.493 e. The predicted molar refractivity (Wildman–Crippen MR) is 122 cm³/mol. The van der Waals surface area contributed by atoms with Crippen molar-refractivity contribution in [1.29, 1.82) is 5.41 Å². The molecule has 2 aromatic carbocycles. The number of H-pyrrole nitrogens is 1. The Morgan fingerprint density at radius 2 is 1.91 bits per heavy atom. The first-order valence-corrected chi connectivity index (χ1v) is 10.3. The van der Waals surface area contributed by atoms with Crippen molar-refractivity contribution in [3.63, 3.8) is 0 Å². The molecule has 4 aromatic rings. The molecule has 0 bridgehead atoms. The molecule has 2 aromatic heterocycles. The molecule has 0 saturated heterocycles. The van der Waals surface area contributed by atoms with Gasteiger partial charge < -0.3 is 15.2 Å². The fourth-order valence-corrected chi connectivity index (χ4v) is 3.54. The van der Waals surface area contributed by atoms with Gasteiger partial charge >= 0.3 is 5.69 Å². The third-order valence-corrected chi connectivity index (χ3v) is 5.21. The van der Waals surface area contributed by atoms with Gasteiger partial charge in [0.2, 0.25) is 6.86 Å². The minimum absolute atomic E-state index is 0.0304. The summed E-state index contributed by atoms with van der Waals surface area (Å²) in [6, 6.07) is 14.0. The summed E-state index contributed by atoms with van der Waals surface area (Å²) in [5.41, 5.74) is 7.29. The summed E-state index contributed by atoms with van der Waals surface area (Å²) in [5, 5.41) is 12.0. The summed E-state index contributed by atoms with van der Waals surface area (Å²) in [6.07, 6.45) is 3.46. The highest BCUT2D eigenvalue weighted by Crippen LogP contribution is 2.34. The van der Waals surface area contributed by atoms with Gasteiger partial charge in [0, 0.05) is 23.9 Å². The van der Waals surface area contributed by atoms with Crippen molar-refractivity contribution in [2.45, 2.75) is 12.3 Å². The minimum atomic E-state index is -1.02. The normalized spacial score (nSPS) is 11.7. The molecule has 0 aliphatic rings. The number of methoxy groups -OCH3 is 1. The standard InChI is InChI=1S/C23H22FN7O3/c1-33-18-8-7-16(12-19(18)34-13-24)17(11-14-3-5-15(6-4-14)20(25)26)21-29-23(32)31(30-21)22-27-9-2-10-28-22/h2-10,12,17H,11,13H2,1H3,(H3,25,26)(H,29,30,32). The van der Waals surface area contributed by atoms with Gasteiger partial charge in [-0.15, -0.1) is 9.78 Å². The Morgan fingerprint density at radius 3 is 2.56 bits per heavy atom. The van der Waals surface area contributed by atoms with E-state index in [1.54, 1.807) is 36.4 Å². The summed E-state index contributed by atoms with van der Waals surface area (Å²) in [7, 11) is 1.47. The lowest BCUT2D eigenvalue weighted by atomic mass is 9.90. The van der Waals surface area contributed by atoms with Crippen LogP contribution in [0.1, 0.15) is 28.4 Å². The van der Waals surface area contributed by atoms with Gasteiger partial charge in [-0.25, -0.2) is 19.2 Å². The zero-order valence-corrected chi connectivity index (χ0v) is 18.2. The quantitative estimate of drug-likeness (QED) is 0.255. The van der Waals surface area contributed by atoms with E-state index in [4.69, 9.17) is 20.6 Å². The van der Waals surface area contributed by atoms with Gasteiger partial charge in [0.05, 0.1) is 7.11 Å². The highest BCUT2D eigenvalue weighted by molar-refractivity contribution is 5.94. The summed E-state index contributed by atoms with van der Waals surface area (Å²) >= 11 is 0. The van der Waals surface area contributed by atoms with Crippen molar-refractivity contribution in [2.75, 3.05) is 14.0 Å². The maximum absolute atomic E-state index is 13.0. The molecule has 4 N–H and O–H groups in total. The summed E-state index contributed by atoms with van der Waals surface area (Å²) < 4.78 is 24.4. The molecule has 0 spiro atoms. The van der Waals surface area contributed by atoms with Gasteiger partial charge in [0.15, 0.2) is 11.5 Å². The van der Waals surface area contributed by atoms with E-state index in [-0.39, 0.29) is 17.5 Å². The lowest BCUT2D eigenvalue weighted by Gasteiger charge is -2.17. The van der Waals surface area contributed by atoms with Crippen molar-refractivity contribution >= 4 is 5.84 Å². The van der Waals surface area contributed by atoms with Gasteiger partial charge in [-0.05, 0) is 35.7 Å². The second-order valence-corrected chi connectivity index (χ2v) is 7.31. The van der Waals surface area contributed by atoms with E-state index in [9.17, 15) is 9.18 Å². The second-order valence-electron chi connectivity index (χ2n) is 7.31. The highest BCUT2D eigenvalue weighted by atomic mass is 19.1. The molecule has 10 nitrogen and oxygen atoms in total. The molecule has 1 atom stereocenters. The first-order chi connectivity index (χ1) is 16.5. The Morgan fingerprint density at radius 1 is 1.18 bits per heavy atom. The SMILES string of the molecule is COc1ccc(C(Cc2ccc(C(=N)N)cc2)c2nn(-c3ncccn3)c(=O)[nH]2)cc1OCF. The van der Waals surface area contributed by atoms with Crippen molar-refractivity contribution in [2.24, 2.45) is 5.73 Å². The Bertz CT molecular complexity index is 1340. The number of ether oxygens (including phenoxy) is 2. The van der Waals surface area contributed by atoms with Crippen LogP contribution in [0.5, 0.6) is 11.5 Å². The van der Waals surface area contributed by atoms with Crippen LogP contribution in [-0.4, -0.2) is 44.5 Å². The van der Waals surface area contributed by atoms with Crippen LogP contribution in [-0.2, 0) is 6.42 Å². The molecule has 0 aliphatic carbocycles. The molecule has 2 heterocycles. The van der Waals surface area contributed by atoms with Gasteiger partial charge in [-0.2, -0.15) is 0 Å². The zero-order valence-electron chi connectivity index (χ0n) is 18.2. The number of nitrogens with two attached hydrogens (primary N) is 1. The topological polar surface area (TPSA) is 145 Å². The molecule has 1 unspecified atom stereocenters. The van der Waals surface area contributed by atoms with Gasteiger partial charge in [-0.1, -0.05) is 30.3 Å². The molecular weight excluding hydrogens is 441 g/mol. The molecule has 4 rings (SSSR count). The molecule has 0 radical (unpaired) electrons. The van der Waals surface area contributed by atoms with Crippen molar-refractivity contribution < 1.29 is 13.9 Å². The lowest BCUT2D eigenvalue weighted by Crippen LogP contribution is -2.18. The highest BCUT2D eigenvalue weighted by Gasteiger charge is 2.23. The zero-order chi connectivity index (χ0) is 24.1. The van der Waals surface area contributed by atoms with E-state index in [1.165, 1.54) is 19.5 Å². The third kappa shape index (κ3) is 4.77. The number of aromatic nitrogens is 5. The van der Waals surface area contributed by atoms with Crippen LogP contribution in [0.2, 0.25) is 0 Å². The fourth-order valence-electron chi connectivity index (χ4n) is 3.54. The van der Waals surface area contributed by atoms with E-state index in [0.717, 1.165) is 15.8 Å². The average Bonchev–Trinajstić information content (AvgIpc) is 3.24. The molecular formula is C23H22FN7O3. The number of amidine groups is 1. The monoisotopic (exact) mass is 463 g/mol. The van der Waals surface area contributed by atoms with Crippen LogP contribution in [0, 0.1) is 5.41 Å². The van der Waals surface area contributed by atoms with Gasteiger partial charge in [-0.3, -0.25) is 10.4 Å².